The van der Waals surface area contributed by atoms with Crippen LogP contribution in [0, 0.1) is 6.92 Å². The Hall–Kier alpha value is -2.91. The topological polar surface area (TPSA) is 37.8 Å². The standard InChI is InChI=1S/C21H16ClN3/c1-14-5-4-6-15(13-14)20-24-19-8-3-2-7-18(19)21(25-20)23-17-11-9-16(22)10-12-17/h2-13H,1H3,(H,23,24,25). The summed E-state index contributed by atoms with van der Waals surface area (Å²) in [4.78, 5) is 9.51. The first-order valence-corrected chi connectivity index (χ1v) is 8.43. The van der Waals surface area contributed by atoms with Crippen molar-refractivity contribution in [2.45, 2.75) is 6.92 Å². The van der Waals surface area contributed by atoms with Gasteiger partial charge >= 0.3 is 0 Å². The van der Waals surface area contributed by atoms with Crippen LogP contribution in [-0.2, 0) is 0 Å². The second-order valence-electron chi connectivity index (χ2n) is 5.91. The van der Waals surface area contributed by atoms with E-state index in [1.807, 2.05) is 60.7 Å². The Morgan fingerprint density at radius 3 is 2.44 bits per heavy atom. The number of hydrogen-bond acceptors (Lipinski definition) is 3. The minimum atomic E-state index is 0.707. The van der Waals surface area contributed by atoms with Crippen LogP contribution in [0.4, 0.5) is 11.5 Å². The summed E-state index contributed by atoms with van der Waals surface area (Å²) in [7, 11) is 0. The van der Waals surface area contributed by atoms with Gasteiger partial charge in [-0.15, -0.1) is 0 Å². The van der Waals surface area contributed by atoms with Crippen molar-refractivity contribution in [1.82, 2.24) is 9.97 Å². The van der Waals surface area contributed by atoms with Crippen LogP contribution in [0.2, 0.25) is 5.02 Å². The van der Waals surface area contributed by atoms with Crippen molar-refractivity contribution in [2.75, 3.05) is 5.32 Å². The van der Waals surface area contributed by atoms with Gasteiger partial charge in [-0.1, -0.05) is 47.5 Å². The molecule has 4 aromatic rings. The predicted molar refractivity (Wildman–Crippen MR) is 104 cm³/mol. The van der Waals surface area contributed by atoms with Crippen LogP contribution in [0.1, 0.15) is 5.56 Å². The van der Waals surface area contributed by atoms with Crippen molar-refractivity contribution in [3.8, 4) is 11.4 Å². The Labute approximate surface area is 151 Å². The maximum absolute atomic E-state index is 5.98. The summed E-state index contributed by atoms with van der Waals surface area (Å²) < 4.78 is 0. The molecule has 0 saturated carbocycles. The fourth-order valence-corrected chi connectivity index (χ4v) is 2.88. The number of benzene rings is 3. The lowest BCUT2D eigenvalue weighted by Gasteiger charge is -2.11. The molecule has 0 bridgehead atoms. The number of nitrogens with one attached hydrogen (secondary N) is 1. The summed E-state index contributed by atoms with van der Waals surface area (Å²) in [6.07, 6.45) is 0. The van der Waals surface area contributed by atoms with Crippen molar-refractivity contribution < 1.29 is 0 Å². The summed E-state index contributed by atoms with van der Waals surface area (Å²) in [5, 5.41) is 5.08. The van der Waals surface area contributed by atoms with Gasteiger partial charge in [0, 0.05) is 21.7 Å². The lowest BCUT2D eigenvalue weighted by molar-refractivity contribution is 1.22. The van der Waals surface area contributed by atoms with Crippen molar-refractivity contribution in [1.29, 1.82) is 0 Å². The molecule has 1 aromatic heterocycles. The van der Waals surface area contributed by atoms with Crippen molar-refractivity contribution in [2.24, 2.45) is 0 Å². The molecule has 0 radical (unpaired) electrons. The molecule has 3 nitrogen and oxygen atoms in total. The van der Waals surface area contributed by atoms with Crippen molar-refractivity contribution >= 4 is 34.0 Å². The summed E-state index contributed by atoms with van der Waals surface area (Å²) in [5.74, 6) is 1.49. The molecular formula is C21H16ClN3. The first-order chi connectivity index (χ1) is 12.2. The minimum Gasteiger partial charge on any atom is -0.340 e. The third-order valence-electron chi connectivity index (χ3n) is 3.99. The lowest BCUT2D eigenvalue weighted by atomic mass is 10.1. The van der Waals surface area contributed by atoms with Gasteiger partial charge < -0.3 is 5.32 Å². The lowest BCUT2D eigenvalue weighted by Crippen LogP contribution is -1.99. The van der Waals surface area contributed by atoms with E-state index in [0.29, 0.717) is 10.8 Å². The Bertz CT molecular complexity index is 1040. The summed E-state index contributed by atoms with van der Waals surface area (Å²) in [5.41, 5.74) is 4.03. The highest BCUT2D eigenvalue weighted by Gasteiger charge is 2.10. The molecule has 1 N–H and O–H groups in total. The highest BCUT2D eigenvalue weighted by atomic mass is 35.5. The molecule has 0 fully saturated rings. The molecule has 0 aliphatic carbocycles. The van der Waals surface area contributed by atoms with E-state index >= 15 is 0 Å². The van der Waals surface area contributed by atoms with Crippen LogP contribution in [0.15, 0.2) is 72.8 Å². The number of rotatable bonds is 3. The molecule has 25 heavy (non-hydrogen) atoms. The smallest absolute Gasteiger partial charge is 0.162 e. The normalized spacial score (nSPS) is 10.8. The first kappa shape index (κ1) is 15.6. The van der Waals surface area contributed by atoms with Crippen molar-refractivity contribution in [3.63, 3.8) is 0 Å². The highest BCUT2D eigenvalue weighted by Crippen LogP contribution is 2.28. The molecular weight excluding hydrogens is 330 g/mol. The molecule has 122 valence electrons. The average molecular weight is 346 g/mol. The van der Waals surface area contributed by atoms with Gasteiger partial charge in [0.2, 0.25) is 0 Å². The minimum absolute atomic E-state index is 0.707. The number of aromatic nitrogens is 2. The SMILES string of the molecule is Cc1cccc(-c2nc(Nc3ccc(Cl)cc3)c3ccccc3n2)c1. The quantitative estimate of drug-likeness (QED) is 0.494. The molecule has 0 saturated heterocycles. The zero-order chi connectivity index (χ0) is 17.2. The number of halogens is 1. The van der Waals surface area contributed by atoms with Crippen LogP contribution in [0.3, 0.4) is 0 Å². The monoisotopic (exact) mass is 345 g/mol. The molecule has 0 amide bonds. The molecule has 1 heterocycles. The number of anilines is 2. The number of para-hydroxylation sites is 1. The van der Waals surface area contributed by atoms with Crippen LogP contribution < -0.4 is 5.32 Å². The van der Waals surface area contributed by atoms with E-state index in [4.69, 9.17) is 21.6 Å². The van der Waals surface area contributed by atoms with Crippen LogP contribution in [-0.4, -0.2) is 9.97 Å². The van der Waals surface area contributed by atoms with Gasteiger partial charge in [0.15, 0.2) is 5.82 Å². The van der Waals surface area contributed by atoms with E-state index in [-0.39, 0.29) is 0 Å². The molecule has 4 heteroatoms. The van der Waals surface area contributed by atoms with Gasteiger partial charge in [-0.05, 0) is 49.4 Å². The van der Waals surface area contributed by atoms with Gasteiger partial charge in [0.25, 0.3) is 0 Å². The summed E-state index contributed by atoms with van der Waals surface area (Å²) in [6, 6.07) is 23.8. The zero-order valence-corrected chi connectivity index (χ0v) is 14.5. The van der Waals surface area contributed by atoms with E-state index in [1.54, 1.807) is 0 Å². The fourth-order valence-electron chi connectivity index (χ4n) is 2.76. The second kappa shape index (κ2) is 6.54. The maximum Gasteiger partial charge on any atom is 0.162 e. The molecule has 0 aliphatic heterocycles. The summed E-state index contributed by atoms with van der Waals surface area (Å²) in [6.45, 7) is 2.07. The predicted octanol–water partition coefficient (Wildman–Crippen LogP) is 6.00. The average Bonchev–Trinajstić information content (AvgIpc) is 2.63. The third kappa shape index (κ3) is 3.32. The van der Waals surface area contributed by atoms with E-state index in [9.17, 15) is 0 Å². The van der Waals surface area contributed by atoms with E-state index in [0.717, 1.165) is 28.0 Å². The molecule has 4 rings (SSSR count). The number of fused-ring (bicyclic) bond motifs is 1. The van der Waals surface area contributed by atoms with Gasteiger partial charge in [-0.3, -0.25) is 0 Å². The van der Waals surface area contributed by atoms with Crippen LogP contribution >= 0.6 is 11.6 Å². The molecule has 0 atom stereocenters. The van der Waals surface area contributed by atoms with E-state index in [1.165, 1.54) is 5.56 Å². The Morgan fingerprint density at radius 2 is 1.64 bits per heavy atom. The highest BCUT2D eigenvalue weighted by molar-refractivity contribution is 6.30. The van der Waals surface area contributed by atoms with Gasteiger partial charge in [-0.2, -0.15) is 0 Å². The van der Waals surface area contributed by atoms with Crippen LogP contribution in [0.25, 0.3) is 22.3 Å². The van der Waals surface area contributed by atoms with Crippen LogP contribution in [0.5, 0.6) is 0 Å². The molecule has 3 aromatic carbocycles. The molecule has 0 aliphatic rings. The van der Waals surface area contributed by atoms with Gasteiger partial charge in [0.1, 0.15) is 5.82 Å². The second-order valence-corrected chi connectivity index (χ2v) is 6.35. The molecule has 0 unspecified atom stereocenters. The molecule has 0 spiro atoms. The largest absolute Gasteiger partial charge is 0.340 e. The third-order valence-corrected chi connectivity index (χ3v) is 4.24. The first-order valence-electron chi connectivity index (χ1n) is 8.05. The summed E-state index contributed by atoms with van der Waals surface area (Å²) >= 11 is 5.98. The van der Waals surface area contributed by atoms with Crippen molar-refractivity contribution in [3.05, 3.63) is 83.4 Å². The maximum atomic E-state index is 5.98. The fraction of sp³-hybridized carbons (Fsp3) is 0.0476. The number of hydrogen-bond donors (Lipinski definition) is 1. The van der Waals surface area contributed by atoms with Gasteiger partial charge in [-0.25, -0.2) is 9.97 Å². The van der Waals surface area contributed by atoms with E-state index in [2.05, 4.69) is 24.4 Å². The Morgan fingerprint density at radius 1 is 0.840 bits per heavy atom. The van der Waals surface area contributed by atoms with Gasteiger partial charge in [0.05, 0.1) is 5.52 Å². The Balaban J connectivity index is 1.85. The Kier molecular flexibility index (Phi) is 4.08. The number of aryl methyl sites for hydroxylation is 1. The van der Waals surface area contributed by atoms with E-state index < -0.39 is 0 Å². The zero-order valence-electron chi connectivity index (χ0n) is 13.7. The number of nitrogens with zero attached hydrogens (tertiary/aromatic N) is 2.